The van der Waals surface area contributed by atoms with Gasteiger partial charge in [-0.3, -0.25) is 19.0 Å². The van der Waals surface area contributed by atoms with E-state index in [1.165, 1.54) is 4.57 Å². The molecule has 0 saturated heterocycles. The monoisotopic (exact) mass is 359 g/mol. The molecular formula is C19H25N3O4. The highest BCUT2D eigenvalue weighted by atomic mass is 16.5. The number of amides is 2. The van der Waals surface area contributed by atoms with Gasteiger partial charge in [0.2, 0.25) is 18.2 Å². The van der Waals surface area contributed by atoms with E-state index in [1.54, 1.807) is 20.1 Å². The van der Waals surface area contributed by atoms with E-state index in [2.05, 4.69) is 10.6 Å². The Morgan fingerprint density at radius 3 is 2.50 bits per heavy atom. The largest absolute Gasteiger partial charge is 0.497 e. The van der Waals surface area contributed by atoms with Crippen LogP contribution < -0.4 is 15.4 Å². The number of methoxy groups -OCH3 is 1. The predicted molar refractivity (Wildman–Crippen MR) is 100 cm³/mol. The van der Waals surface area contributed by atoms with Crippen molar-refractivity contribution in [3.63, 3.8) is 0 Å². The fraction of sp³-hybridized carbons (Fsp3) is 0.421. The summed E-state index contributed by atoms with van der Waals surface area (Å²) >= 11 is 0. The van der Waals surface area contributed by atoms with Gasteiger partial charge < -0.3 is 15.4 Å². The minimum absolute atomic E-state index is 0.00238. The van der Waals surface area contributed by atoms with Crippen LogP contribution in [-0.2, 0) is 20.8 Å². The van der Waals surface area contributed by atoms with Crippen LogP contribution in [0.15, 0.2) is 18.2 Å². The average Bonchev–Trinajstić information content (AvgIpc) is 2.91. The highest BCUT2D eigenvalue weighted by Crippen LogP contribution is 2.29. The lowest BCUT2D eigenvalue weighted by Crippen LogP contribution is -2.30. The number of ether oxygens (including phenoxy) is 1. The number of carbonyl (C=O) groups is 3. The van der Waals surface area contributed by atoms with Gasteiger partial charge in [0, 0.05) is 30.6 Å². The maximum Gasteiger partial charge on any atom is 0.224 e. The van der Waals surface area contributed by atoms with Gasteiger partial charge in [-0.05, 0) is 37.1 Å². The predicted octanol–water partition coefficient (Wildman–Crippen LogP) is 1.57. The number of benzene rings is 1. The van der Waals surface area contributed by atoms with Crippen LogP contribution in [0.1, 0.15) is 31.0 Å². The Labute approximate surface area is 152 Å². The van der Waals surface area contributed by atoms with Crippen LogP contribution in [0.2, 0.25) is 0 Å². The molecule has 0 radical (unpaired) electrons. The zero-order valence-corrected chi connectivity index (χ0v) is 15.4. The van der Waals surface area contributed by atoms with Crippen LogP contribution >= 0.6 is 0 Å². The lowest BCUT2D eigenvalue weighted by Gasteiger charge is -2.07. The summed E-state index contributed by atoms with van der Waals surface area (Å²) in [4.78, 5) is 34.9. The zero-order chi connectivity index (χ0) is 19.1. The Morgan fingerprint density at radius 1 is 1.19 bits per heavy atom. The molecule has 2 rings (SSSR count). The van der Waals surface area contributed by atoms with Gasteiger partial charge in [-0.1, -0.05) is 6.92 Å². The van der Waals surface area contributed by atoms with Crippen molar-refractivity contribution in [2.75, 3.05) is 20.2 Å². The summed E-state index contributed by atoms with van der Waals surface area (Å²) in [5.41, 5.74) is 2.31. The number of hydrogen-bond acceptors (Lipinski definition) is 4. The van der Waals surface area contributed by atoms with Crippen LogP contribution in [0.3, 0.4) is 0 Å². The van der Waals surface area contributed by atoms with Crippen molar-refractivity contribution in [3.8, 4) is 5.75 Å². The number of nitrogens with zero attached hydrogens (tertiary/aromatic N) is 1. The molecule has 2 amide bonds. The third kappa shape index (κ3) is 4.41. The highest BCUT2D eigenvalue weighted by molar-refractivity contribution is 5.94. The second-order valence-electron chi connectivity index (χ2n) is 6.01. The summed E-state index contributed by atoms with van der Waals surface area (Å²) in [6.07, 6.45) is 2.05. The number of fused-ring (bicyclic) bond motifs is 1. The Bertz CT molecular complexity index is 811. The first-order chi connectivity index (χ1) is 12.5. The summed E-state index contributed by atoms with van der Waals surface area (Å²) in [7, 11) is 1.58. The topological polar surface area (TPSA) is 89.4 Å². The maximum absolute atomic E-state index is 12.3. The van der Waals surface area contributed by atoms with Gasteiger partial charge in [-0.15, -0.1) is 0 Å². The molecule has 2 N–H and O–H groups in total. The fourth-order valence-electron chi connectivity index (χ4n) is 2.87. The number of hydrogen-bond donors (Lipinski definition) is 2. The first kappa shape index (κ1) is 19.5. The van der Waals surface area contributed by atoms with Gasteiger partial charge in [0.05, 0.1) is 19.0 Å². The number of rotatable bonds is 9. The van der Waals surface area contributed by atoms with Crippen LogP contribution in [0.5, 0.6) is 5.75 Å². The van der Waals surface area contributed by atoms with Gasteiger partial charge >= 0.3 is 0 Å². The van der Waals surface area contributed by atoms with Gasteiger partial charge in [0.15, 0.2) is 0 Å². The molecule has 0 bridgehead atoms. The highest BCUT2D eigenvalue weighted by Gasteiger charge is 2.17. The molecule has 0 spiro atoms. The molecular weight excluding hydrogens is 334 g/mol. The Morgan fingerprint density at radius 2 is 1.88 bits per heavy atom. The van der Waals surface area contributed by atoms with Crippen molar-refractivity contribution in [2.45, 2.75) is 33.1 Å². The fourth-order valence-corrected chi connectivity index (χ4v) is 2.87. The van der Waals surface area contributed by atoms with Crippen molar-refractivity contribution in [1.82, 2.24) is 15.2 Å². The summed E-state index contributed by atoms with van der Waals surface area (Å²) in [5.74, 6) is 0.555. The number of aromatic nitrogens is 1. The van der Waals surface area contributed by atoms with Gasteiger partial charge in [0.1, 0.15) is 5.75 Å². The van der Waals surface area contributed by atoms with E-state index >= 15 is 0 Å². The van der Waals surface area contributed by atoms with E-state index in [4.69, 9.17) is 4.74 Å². The number of carbonyl (C=O) groups excluding carboxylic acids is 3. The summed E-state index contributed by atoms with van der Waals surface area (Å²) in [6.45, 7) is 4.64. The molecule has 7 nitrogen and oxygen atoms in total. The molecule has 26 heavy (non-hydrogen) atoms. The quantitative estimate of drug-likeness (QED) is 0.525. The van der Waals surface area contributed by atoms with Crippen LogP contribution in [-0.4, -0.2) is 43.0 Å². The SMILES string of the molecule is CCC(=O)NCCCNC(=O)Cc1c(C)n(C=O)c2ccc(OC)cc12. The van der Waals surface area contributed by atoms with E-state index in [0.717, 1.165) is 28.6 Å². The second kappa shape index (κ2) is 9.03. The molecule has 140 valence electrons. The van der Waals surface area contributed by atoms with Crippen LogP contribution in [0.25, 0.3) is 10.9 Å². The first-order valence-corrected chi connectivity index (χ1v) is 8.67. The third-order valence-electron chi connectivity index (χ3n) is 4.35. The molecule has 0 atom stereocenters. The van der Waals surface area contributed by atoms with E-state index in [-0.39, 0.29) is 18.2 Å². The standard InChI is InChI=1S/C19H25N3O4/c1-4-18(24)20-8-5-9-21-19(25)11-15-13(2)22(12-23)17-7-6-14(26-3)10-16(15)17/h6-7,10,12H,4-5,8-9,11H2,1-3H3,(H,20,24)(H,21,25). The van der Waals surface area contributed by atoms with E-state index in [0.29, 0.717) is 31.7 Å². The Hall–Kier alpha value is -2.83. The van der Waals surface area contributed by atoms with E-state index in [1.807, 2.05) is 19.1 Å². The molecule has 0 aliphatic carbocycles. The molecule has 0 fully saturated rings. The van der Waals surface area contributed by atoms with Crippen molar-refractivity contribution >= 4 is 29.1 Å². The van der Waals surface area contributed by atoms with Crippen molar-refractivity contribution in [3.05, 3.63) is 29.5 Å². The normalized spacial score (nSPS) is 10.6. The van der Waals surface area contributed by atoms with Crippen LogP contribution in [0, 0.1) is 6.92 Å². The van der Waals surface area contributed by atoms with Crippen LogP contribution in [0.4, 0.5) is 0 Å². The molecule has 0 unspecified atom stereocenters. The smallest absolute Gasteiger partial charge is 0.224 e. The lowest BCUT2D eigenvalue weighted by atomic mass is 10.1. The minimum atomic E-state index is -0.123. The molecule has 0 aliphatic heterocycles. The number of nitrogens with one attached hydrogen (secondary N) is 2. The van der Waals surface area contributed by atoms with E-state index in [9.17, 15) is 14.4 Å². The first-order valence-electron chi connectivity index (χ1n) is 8.67. The molecule has 0 saturated carbocycles. The minimum Gasteiger partial charge on any atom is -0.497 e. The molecule has 7 heteroatoms. The molecule has 0 aliphatic rings. The van der Waals surface area contributed by atoms with Crippen molar-refractivity contribution in [2.24, 2.45) is 0 Å². The summed E-state index contributed by atoms with van der Waals surface area (Å²) in [6, 6.07) is 5.44. The average molecular weight is 359 g/mol. The third-order valence-corrected chi connectivity index (χ3v) is 4.35. The van der Waals surface area contributed by atoms with Gasteiger partial charge in [-0.25, -0.2) is 0 Å². The molecule has 1 aromatic carbocycles. The summed E-state index contributed by atoms with van der Waals surface area (Å²) < 4.78 is 6.79. The van der Waals surface area contributed by atoms with E-state index < -0.39 is 0 Å². The zero-order valence-electron chi connectivity index (χ0n) is 15.4. The summed E-state index contributed by atoms with van der Waals surface area (Å²) in [5, 5.41) is 6.45. The Kier molecular flexibility index (Phi) is 6.77. The van der Waals surface area contributed by atoms with Gasteiger partial charge in [-0.2, -0.15) is 0 Å². The maximum atomic E-state index is 12.3. The van der Waals surface area contributed by atoms with Crippen molar-refractivity contribution in [1.29, 1.82) is 0 Å². The molecule has 1 aromatic heterocycles. The second-order valence-corrected chi connectivity index (χ2v) is 6.01. The molecule has 2 aromatic rings. The van der Waals surface area contributed by atoms with Gasteiger partial charge in [0.25, 0.3) is 0 Å². The lowest BCUT2D eigenvalue weighted by molar-refractivity contribution is -0.120. The van der Waals surface area contributed by atoms with Crippen molar-refractivity contribution < 1.29 is 19.1 Å². The Balaban J connectivity index is 2.05. The molecule has 1 heterocycles.